The van der Waals surface area contributed by atoms with Crippen molar-refractivity contribution in [3.05, 3.63) is 27.9 Å². The summed E-state index contributed by atoms with van der Waals surface area (Å²) in [4.78, 5) is 14.4. The number of fused-ring (bicyclic) bond motifs is 1. The lowest BCUT2D eigenvalue weighted by Gasteiger charge is -2.31. The summed E-state index contributed by atoms with van der Waals surface area (Å²) < 4.78 is 29.5. The quantitative estimate of drug-likeness (QED) is 0.839. The van der Waals surface area contributed by atoms with Crippen LogP contribution >= 0.6 is 11.3 Å². The van der Waals surface area contributed by atoms with Gasteiger partial charge in [0.25, 0.3) is 0 Å². The van der Waals surface area contributed by atoms with Gasteiger partial charge in [-0.15, -0.1) is 0 Å². The van der Waals surface area contributed by atoms with Gasteiger partial charge in [-0.3, -0.25) is 9.36 Å². The molecule has 1 aliphatic heterocycles. The van der Waals surface area contributed by atoms with Crippen LogP contribution in [-0.2, 0) is 10.0 Å². The van der Waals surface area contributed by atoms with Gasteiger partial charge in [-0.2, -0.15) is 4.31 Å². The number of rotatable bonds is 3. The molecule has 1 saturated heterocycles. The second-order valence-electron chi connectivity index (χ2n) is 6.17. The van der Waals surface area contributed by atoms with E-state index in [0.29, 0.717) is 13.1 Å². The van der Waals surface area contributed by atoms with Crippen LogP contribution in [0.1, 0.15) is 19.9 Å². The molecule has 0 atom stereocenters. The average molecular weight is 355 g/mol. The Morgan fingerprint density at radius 2 is 1.78 bits per heavy atom. The largest absolute Gasteiger partial charge is 0.308 e. The summed E-state index contributed by atoms with van der Waals surface area (Å²) in [5.41, 5.74) is 0.798. The Bertz CT molecular complexity index is 875. The lowest BCUT2D eigenvalue weighted by molar-refractivity contribution is 0.222. The van der Waals surface area contributed by atoms with Crippen molar-refractivity contribution < 1.29 is 8.42 Å². The van der Waals surface area contributed by atoms with E-state index < -0.39 is 10.0 Å². The van der Waals surface area contributed by atoms with E-state index in [-0.39, 0.29) is 15.8 Å². The molecule has 1 fully saturated rings. The van der Waals surface area contributed by atoms with Gasteiger partial charge >= 0.3 is 4.87 Å². The second kappa shape index (κ2) is 6.01. The van der Waals surface area contributed by atoms with Crippen molar-refractivity contribution in [3.63, 3.8) is 0 Å². The van der Waals surface area contributed by atoms with Crippen LogP contribution in [0.15, 0.2) is 27.9 Å². The molecule has 2 heterocycles. The first kappa shape index (κ1) is 16.6. The van der Waals surface area contributed by atoms with Crippen molar-refractivity contribution in [3.8, 4) is 0 Å². The first-order valence-corrected chi connectivity index (χ1v) is 9.90. The molecule has 0 spiro atoms. The first-order valence-electron chi connectivity index (χ1n) is 7.64. The van der Waals surface area contributed by atoms with E-state index in [1.165, 1.54) is 4.31 Å². The van der Waals surface area contributed by atoms with Gasteiger partial charge in [0.2, 0.25) is 10.0 Å². The Morgan fingerprint density at radius 3 is 2.39 bits per heavy atom. The number of aromatic nitrogens is 1. The fraction of sp³-hybridized carbons (Fsp3) is 0.533. The smallest absolute Gasteiger partial charge is 0.304 e. The Labute approximate surface area is 140 Å². The molecule has 3 rings (SSSR count). The molecule has 0 amide bonds. The third-order valence-electron chi connectivity index (χ3n) is 4.20. The molecule has 2 aromatic rings. The summed E-state index contributed by atoms with van der Waals surface area (Å²) in [5.74, 6) is 0. The van der Waals surface area contributed by atoms with E-state index in [2.05, 4.69) is 4.90 Å². The molecule has 0 N–H and O–H groups in total. The maximum Gasteiger partial charge on any atom is 0.308 e. The van der Waals surface area contributed by atoms with Gasteiger partial charge in [0, 0.05) is 32.2 Å². The highest BCUT2D eigenvalue weighted by Gasteiger charge is 2.28. The van der Waals surface area contributed by atoms with E-state index in [9.17, 15) is 13.2 Å². The second-order valence-corrected chi connectivity index (χ2v) is 9.10. The van der Waals surface area contributed by atoms with Crippen molar-refractivity contribution >= 4 is 31.6 Å². The maximum atomic E-state index is 12.8. The van der Waals surface area contributed by atoms with Crippen molar-refractivity contribution in [1.29, 1.82) is 0 Å². The van der Waals surface area contributed by atoms with E-state index in [4.69, 9.17) is 0 Å². The third-order valence-corrected chi connectivity index (χ3v) is 7.01. The maximum absolute atomic E-state index is 12.8. The van der Waals surface area contributed by atoms with E-state index >= 15 is 0 Å². The molecule has 0 unspecified atom stereocenters. The number of sulfonamides is 1. The zero-order valence-electron chi connectivity index (χ0n) is 13.5. The summed E-state index contributed by atoms with van der Waals surface area (Å²) in [6.07, 6.45) is 0. The number of hydrogen-bond acceptors (Lipinski definition) is 5. The highest BCUT2D eigenvalue weighted by atomic mass is 32.2. The molecular formula is C15H21N3O3S2. The minimum Gasteiger partial charge on any atom is -0.304 e. The molecule has 8 heteroatoms. The molecule has 0 saturated carbocycles. The molecule has 0 radical (unpaired) electrons. The van der Waals surface area contributed by atoms with Crippen molar-refractivity contribution in [2.45, 2.75) is 24.8 Å². The molecule has 1 aliphatic rings. The normalized spacial score (nSPS) is 18.1. The van der Waals surface area contributed by atoms with Crippen LogP contribution in [0, 0.1) is 0 Å². The van der Waals surface area contributed by atoms with E-state index in [1.807, 2.05) is 20.9 Å². The Morgan fingerprint density at radius 1 is 1.13 bits per heavy atom. The minimum absolute atomic E-state index is 0.0517. The number of hydrogen-bond donors (Lipinski definition) is 0. The summed E-state index contributed by atoms with van der Waals surface area (Å²) in [5, 5.41) is 0. The molecule has 1 aromatic heterocycles. The Balaban J connectivity index is 2.02. The minimum atomic E-state index is -3.50. The number of piperazine rings is 1. The number of benzene rings is 1. The number of likely N-dealkylation sites (N-methyl/N-ethyl adjacent to an activating group) is 1. The topological polar surface area (TPSA) is 62.6 Å². The molecule has 0 aliphatic carbocycles. The molecular weight excluding hydrogens is 334 g/mol. The van der Waals surface area contributed by atoms with Gasteiger partial charge < -0.3 is 4.90 Å². The van der Waals surface area contributed by atoms with E-state index in [1.54, 1.807) is 22.8 Å². The summed E-state index contributed by atoms with van der Waals surface area (Å²) in [7, 11) is -1.51. The predicted molar refractivity (Wildman–Crippen MR) is 92.7 cm³/mol. The Kier molecular flexibility index (Phi) is 4.35. The molecule has 6 nitrogen and oxygen atoms in total. The fourth-order valence-corrected chi connectivity index (χ4v) is 5.42. The van der Waals surface area contributed by atoms with Crippen molar-refractivity contribution in [1.82, 2.24) is 13.8 Å². The lowest BCUT2D eigenvalue weighted by Crippen LogP contribution is -2.46. The van der Waals surface area contributed by atoms with E-state index in [0.717, 1.165) is 34.6 Å². The summed E-state index contributed by atoms with van der Waals surface area (Å²) in [6, 6.07) is 5.04. The predicted octanol–water partition coefficient (Wildman–Crippen LogP) is 1.58. The van der Waals surface area contributed by atoms with Gasteiger partial charge in [-0.05, 0) is 39.1 Å². The summed E-state index contributed by atoms with van der Waals surface area (Å²) in [6.45, 7) is 6.36. The van der Waals surface area contributed by atoms with Gasteiger partial charge in [0.05, 0.1) is 15.1 Å². The number of thiazole rings is 1. The highest BCUT2D eigenvalue weighted by Crippen LogP contribution is 2.26. The zero-order chi connectivity index (χ0) is 16.8. The van der Waals surface area contributed by atoms with Gasteiger partial charge in [0.15, 0.2) is 0 Å². The van der Waals surface area contributed by atoms with Crippen LogP contribution in [0.25, 0.3) is 10.2 Å². The van der Waals surface area contributed by atoms with Gasteiger partial charge in [-0.25, -0.2) is 8.42 Å². The summed E-state index contributed by atoms with van der Waals surface area (Å²) >= 11 is 1.10. The fourth-order valence-electron chi connectivity index (χ4n) is 2.84. The van der Waals surface area contributed by atoms with Crippen molar-refractivity contribution in [2.75, 3.05) is 33.2 Å². The van der Waals surface area contributed by atoms with Crippen LogP contribution in [0.3, 0.4) is 0 Å². The average Bonchev–Trinajstić information content (AvgIpc) is 2.82. The van der Waals surface area contributed by atoms with Crippen LogP contribution in [0.5, 0.6) is 0 Å². The van der Waals surface area contributed by atoms with Gasteiger partial charge in [-0.1, -0.05) is 11.3 Å². The molecule has 126 valence electrons. The van der Waals surface area contributed by atoms with Crippen LogP contribution < -0.4 is 4.87 Å². The van der Waals surface area contributed by atoms with Crippen LogP contribution in [0.4, 0.5) is 0 Å². The number of nitrogens with zero attached hydrogens (tertiary/aromatic N) is 3. The zero-order valence-corrected chi connectivity index (χ0v) is 15.2. The SMILES string of the molecule is CC(C)n1c(=O)sc2cc(S(=O)(=O)N3CCN(C)CC3)ccc21. The molecule has 1 aromatic carbocycles. The van der Waals surface area contributed by atoms with Crippen LogP contribution in [0.2, 0.25) is 0 Å². The van der Waals surface area contributed by atoms with Gasteiger partial charge in [0.1, 0.15) is 0 Å². The third kappa shape index (κ3) is 2.96. The first-order chi connectivity index (χ1) is 10.8. The molecule has 23 heavy (non-hydrogen) atoms. The standard InChI is InChI=1S/C15H21N3O3S2/c1-11(2)18-13-5-4-12(10-14(13)22-15(18)19)23(20,21)17-8-6-16(3)7-9-17/h4-5,10-11H,6-9H2,1-3H3. The Hall–Kier alpha value is -1.22. The van der Waals surface area contributed by atoms with Crippen molar-refractivity contribution in [2.24, 2.45) is 0 Å². The monoisotopic (exact) mass is 355 g/mol. The lowest BCUT2D eigenvalue weighted by atomic mass is 10.3. The molecule has 0 bridgehead atoms. The van der Waals surface area contributed by atoms with Crippen LogP contribution in [-0.4, -0.2) is 55.4 Å². The highest BCUT2D eigenvalue weighted by molar-refractivity contribution is 7.89.